The van der Waals surface area contributed by atoms with Gasteiger partial charge in [0.2, 0.25) is 0 Å². The normalized spacial score (nSPS) is 10.7. The summed E-state index contributed by atoms with van der Waals surface area (Å²) in [5, 5.41) is 0. The van der Waals surface area contributed by atoms with Gasteiger partial charge in [-0.1, -0.05) is 0 Å². The van der Waals surface area contributed by atoms with Crippen molar-refractivity contribution in [2.45, 2.75) is 0 Å². The molecule has 0 fully saturated rings. The van der Waals surface area contributed by atoms with E-state index in [0.717, 1.165) is 16.8 Å². The van der Waals surface area contributed by atoms with Crippen LogP contribution in [0.15, 0.2) is 72.8 Å². The van der Waals surface area contributed by atoms with Crippen molar-refractivity contribution in [3.05, 3.63) is 72.8 Å². The number of hydrogen-bond acceptors (Lipinski definition) is 1. The molecule has 0 bridgehead atoms. The van der Waals surface area contributed by atoms with Crippen LogP contribution in [0.2, 0.25) is 0 Å². The van der Waals surface area contributed by atoms with Crippen LogP contribution in [0.25, 0.3) is 22.3 Å². The van der Waals surface area contributed by atoms with Gasteiger partial charge in [-0.25, -0.2) is 0 Å². The summed E-state index contributed by atoms with van der Waals surface area (Å²) < 4.78 is 1.17. The average molecular weight is 386 g/mol. The third kappa shape index (κ3) is 3.04. The molecule has 0 atom stereocenters. The van der Waals surface area contributed by atoms with E-state index in [4.69, 9.17) is 15.3 Å². The van der Waals surface area contributed by atoms with Gasteiger partial charge in [0.15, 0.2) is 0 Å². The zero-order valence-electron chi connectivity index (χ0n) is 11.2. The van der Waals surface area contributed by atoms with E-state index in [2.05, 4.69) is 48.5 Å². The summed E-state index contributed by atoms with van der Waals surface area (Å²) in [4.78, 5) is 0. The molecule has 3 aromatic rings. The Morgan fingerprint density at radius 2 is 1.24 bits per heavy atom. The number of halogens is 1. The Bertz CT molecular complexity index is 753. The zero-order valence-corrected chi connectivity index (χ0v) is 13.5. The first-order valence-corrected chi connectivity index (χ1v) is 9.32. The van der Waals surface area contributed by atoms with Gasteiger partial charge in [-0.15, -0.1) is 0 Å². The molecule has 108 valence electrons. The van der Waals surface area contributed by atoms with Crippen LogP contribution in [-0.4, -0.2) is 0 Å². The molecule has 0 heterocycles. The third-order valence-electron chi connectivity index (χ3n) is 3.38. The molecule has 2 N–H and O–H groups in total. The maximum atomic E-state index is 6.13. The van der Waals surface area contributed by atoms with Crippen molar-refractivity contribution in [2.75, 3.05) is 5.73 Å². The molecule has 0 aliphatic rings. The van der Waals surface area contributed by atoms with Gasteiger partial charge in [-0.05, 0) is 0 Å². The summed E-state index contributed by atoms with van der Waals surface area (Å²) in [5.74, 6) is 0. The second-order valence-corrected chi connectivity index (χ2v) is 6.56. The molecule has 0 saturated heterocycles. The van der Waals surface area contributed by atoms with Gasteiger partial charge >= 0.3 is 137 Å². The predicted octanol–water partition coefficient (Wildman–Crippen LogP) is 4.46. The molecule has 0 radical (unpaired) electrons. The van der Waals surface area contributed by atoms with Gasteiger partial charge < -0.3 is 0 Å². The van der Waals surface area contributed by atoms with Crippen LogP contribution in [0.3, 0.4) is 0 Å². The molecule has 0 aliphatic carbocycles. The van der Waals surface area contributed by atoms with E-state index in [-0.39, 0.29) is 17.0 Å². The third-order valence-corrected chi connectivity index (χ3v) is 5.06. The molecule has 0 aliphatic heterocycles. The molecule has 0 amide bonds. The molecule has 21 heavy (non-hydrogen) atoms. The molecule has 3 heteroatoms. The average Bonchev–Trinajstić information content (AvgIpc) is 2.55. The van der Waals surface area contributed by atoms with Crippen LogP contribution in [0.1, 0.15) is 0 Å². The second kappa shape index (κ2) is 6.45. The van der Waals surface area contributed by atoms with Gasteiger partial charge in [0.1, 0.15) is 0 Å². The van der Waals surface area contributed by atoms with Crippen LogP contribution in [0.5, 0.6) is 0 Å². The Hall–Kier alpha value is -1.59. The summed E-state index contributed by atoms with van der Waals surface area (Å²) in [6, 6.07) is 24.7. The molecule has 0 unspecified atom stereocenters. The van der Waals surface area contributed by atoms with E-state index in [1.807, 2.05) is 24.3 Å². The van der Waals surface area contributed by atoms with E-state index < -0.39 is 0 Å². The van der Waals surface area contributed by atoms with Gasteiger partial charge in [-0.3, -0.25) is 0 Å². The minimum atomic E-state index is 0.120. The molecule has 3 rings (SSSR count). The first kappa shape index (κ1) is 14.4. The number of rotatable bonds is 3. The van der Waals surface area contributed by atoms with Gasteiger partial charge in [-0.2, -0.15) is 0 Å². The summed E-state index contributed by atoms with van der Waals surface area (Å²) >= 11 is 0.120. The van der Waals surface area contributed by atoms with Crippen LogP contribution >= 0.6 is 9.53 Å². The van der Waals surface area contributed by atoms with E-state index in [1.54, 1.807) is 0 Å². The van der Waals surface area contributed by atoms with Gasteiger partial charge in [0.05, 0.1) is 0 Å². The minimum absolute atomic E-state index is 0.120. The number of benzene rings is 3. The Morgan fingerprint density at radius 1 is 0.667 bits per heavy atom. The fourth-order valence-corrected chi connectivity index (χ4v) is 3.30. The summed E-state index contributed by atoms with van der Waals surface area (Å²) in [5.41, 5.74) is 11.5. The summed E-state index contributed by atoms with van der Waals surface area (Å²) in [7, 11) is 5.91. The fraction of sp³-hybridized carbons (Fsp3) is 0. The Labute approximate surface area is 136 Å². The zero-order chi connectivity index (χ0) is 14.7. The van der Waals surface area contributed by atoms with E-state index in [1.165, 1.54) is 15.2 Å². The molecule has 1 nitrogen and oxygen atoms in total. The second-order valence-electron chi connectivity index (χ2n) is 4.66. The standard InChI is InChI=1S/C18H14N.ClH.Pd/c19-18-13-7-6-12-17(18)16-11-5-4-10-15(16)14-8-2-1-3-9-14;;/h2-13H,19H2;1H;/q;;+1/p-1. The van der Waals surface area contributed by atoms with Crippen molar-refractivity contribution in [1.29, 1.82) is 0 Å². The Morgan fingerprint density at radius 3 is 1.86 bits per heavy atom. The van der Waals surface area contributed by atoms with Crippen molar-refractivity contribution in [2.24, 2.45) is 0 Å². The van der Waals surface area contributed by atoms with Crippen LogP contribution < -0.4 is 9.77 Å². The summed E-state index contributed by atoms with van der Waals surface area (Å²) in [6.45, 7) is 0. The topological polar surface area (TPSA) is 26.0 Å². The van der Waals surface area contributed by atoms with Crippen molar-refractivity contribution < 1.29 is 17.0 Å². The maximum absolute atomic E-state index is 6.13. The van der Waals surface area contributed by atoms with Crippen LogP contribution in [0, 0.1) is 0 Å². The van der Waals surface area contributed by atoms with Crippen LogP contribution in [0.4, 0.5) is 5.69 Å². The Kier molecular flexibility index (Phi) is 4.41. The molecule has 0 spiro atoms. The van der Waals surface area contributed by atoms with Crippen molar-refractivity contribution in [3.8, 4) is 22.3 Å². The molecule has 0 saturated carbocycles. The molecule has 0 aromatic heterocycles. The van der Waals surface area contributed by atoms with E-state index in [0.29, 0.717) is 0 Å². The number of para-hydroxylation sites is 1. The summed E-state index contributed by atoms with van der Waals surface area (Å²) in [6.07, 6.45) is 0. The van der Waals surface area contributed by atoms with Gasteiger partial charge in [0, 0.05) is 0 Å². The van der Waals surface area contributed by atoms with E-state index >= 15 is 0 Å². The number of hydrogen-bond donors (Lipinski definition) is 1. The van der Waals surface area contributed by atoms with Gasteiger partial charge in [0.25, 0.3) is 0 Å². The number of anilines is 1. The molecular weight excluding hydrogens is 372 g/mol. The Balaban J connectivity index is 2.13. The van der Waals surface area contributed by atoms with Crippen molar-refractivity contribution >= 4 is 19.3 Å². The predicted molar refractivity (Wildman–Crippen MR) is 87.2 cm³/mol. The number of nitrogen functional groups attached to an aromatic ring is 1. The van der Waals surface area contributed by atoms with Crippen molar-refractivity contribution in [3.63, 3.8) is 0 Å². The number of nitrogens with two attached hydrogens (primary N) is 1. The first-order valence-electron chi connectivity index (χ1n) is 6.54. The quantitative estimate of drug-likeness (QED) is 0.522. The molecular formula is C18H14ClNPd. The first-order chi connectivity index (χ1) is 10.3. The monoisotopic (exact) mass is 385 g/mol. The van der Waals surface area contributed by atoms with E-state index in [9.17, 15) is 0 Å². The fourth-order valence-electron chi connectivity index (χ4n) is 2.37. The molecule has 3 aromatic carbocycles. The van der Waals surface area contributed by atoms with Crippen molar-refractivity contribution in [1.82, 2.24) is 0 Å². The van der Waals surface area contributed by atoms with Crippen LogP contribution in [-0.2, 0) is 17.0 Å². The SMILES string of the molecule is Nc1ccccc1-c1ccccc1-c1cc[c]([Pd][Cl])cc1.